The van der Waals surface area contributed by atoms with Crippen molar-refractivity contribution >= 4 is 5.91 Å². The van der Waals surface area contributed by atoms with Gasteiger partial charge in [0.25, 0.3) is 5.91 Å². The molecule has 1 fully saturated rings. The summed E-state index contributed by atoms with van der Waals surface area (Å²) >= 11 is 0. The number of nitrogens with zero attached hydrogens (tertiary/aromatic N) is 3. The van der Waals surface area contributed by atoms with Crippen molar-refractivity contribution in [2.75, 3.05) is 32.8 Å². The normalized spacial score (nSPS) is 16.0. The van der Waals surface area contributed by atoms with Crippen LogP contribution in [0.25, 0.3) is 0 Å². The third kappa shape index (κ3) is 4.37. The Hall–Kier alpha value is -2.84. The van der Waals surface area contributed by atoms with Crippen LogP contribution in [0.1, 0.15) is 11.6 Å². The number of hydrogen-bond donors (Lipinski definition) is 0. The van der Waals surface area contributed by atoms with E-state index >= 15 is 0 Å². The molecule has 0 aromatic heterocycles. The zero-order valence-electron chi connectivity index (χ0n) is 14.0. The molecule has 0 bridgehead atoms. The van der Waals surface area contributed by atoms with E-state index in [9.17, 15) is 10.1 Å². The number of carbonyl (C=O) groups is 1. The van der Waals surface area contributed by atoms with E-state index in [1.54, 1.807) is 4.90 Å². The summed E-state index contributed by atoms with van der Waals surface area (Å²) < 4.78 is 5.53. The zero-order chi connectivity index (χ0) is 17.5. The van der Waals surface area contributed by atoms with Crippen LogP contribution in [0.15, 0.2) is 60.7 Å². The van der Waals surface area contributed by atoms with Crippen LogP contribution in [-0.2, 0) is 4.79 Å². The number of para-hydroxylation sites is 1. The molecular weight excluding hydrogens is 314 g/mol. The fourth-order valence-corrected chi connectivity index (χ4v) is 2.98. The quantitative estimate of drug-likeness (QED) is 0.842. The summed E-state index contributed by atoms with van der Waals surface area (Å²) in [6.07, 6.45) is 0. The molecule has 1 aliphatic rings. The SMILES string of the molecule is N#CC(c1ccccc1)N1CCN(C(=O)COc2ccccc2)CC1. The van der Waals surface area contributed by atoms with Gasteiger partial charge >= 0.3 is 0 Å². The van der Waals surface area contributed by atoms with Gasteiger partial charge in [0.2, 0.25) is 0 Å². The maximum Gasteiger partial charge on any atom is 0.260 e. The molecule has 1 aliphatic heterocycles. The third-order valence-corrected chi connectivity index (χ3v) is 4.38. The molecule has 5 heteroatoms. The lowest BCUT2D eigenvalue weighted by atomic mass is 10.1. The van der Waals surface area contributed by atoms with Gasteiger partial charge in [0.15, 0.2) is 6.61 Å². The lowest BCUT2D eigenvalue weighted by Crippen LogP contribution is -2.50. The minimum atomic E-state index is -0.265. The Labute approximate surface area is 148 Å². The molecule has 3 rings (SSSR count). The molecular formula is C20H21N3O2. The first kappa shape index (κ1) is 17.0. The van der Waals surface area contributed by atoms with Crippen molar-refractivity contribution in [2.45, 2.75) is 6.04 Å². The summed E-state index contributed by atoms with van der Waals surface area (Å²) in [6.45, 7) is 2.64. The Bertz CT molecular complexity index is 720. The maximum absolute atomic E-state index is 12.3. The molecule has 0 spiro atoms. The van der Waals surface area contributed by atoms with Gasteiger partial charge in [-0.2, -0.15) is 5.26 Å². The largest absolute Gasteiger partial charge is 0.484 e. The van der Waals surface area contributed by atoms with Crippen LogP contribution in [0.3, 0.4) is 0 Å². The van der Waals surface area contributed by atoms with E-state index in [0.29, 0.717) is 31.9 Å². The average molecular weight is 335 g/mol. The van der Waals surface area contributed by atoms with E-state index in [1.165, 1.54) is 0 Å². The third-order valence-electron chi connectivity index (χ3n) is 4.38. The van der Waals surface area contributed by atoms with Crippen LogP contribution in [-0.4, -0.2) is 48.5 Å². The van der Waals surface area contributed by atoms with Crippen molar-refractivity contribution in [2.24, 2.45) is 0 Å². The standard InChI is InChI=1S/C20H21N3O2/c21-15-19(17-7-3-1-4-8-17)22-11-13-23(14-12-22)20(24)16-25-18-9-5-2-6-10-18/h1-10,19H,11-14,16H2. The first-order valence-electron chi connectivity index (χ1n) is 8.42. The van der Waals surface area contributed by atoms with Gasteiger partial charge in [-0.05, 0) is 17.7 Å². The van der Waals surface area contributed by atoms with Crippen molar-refractivity contribution in [3.63, 3.8) is 0 Å². The van der Waals surface area contributed by atoms with Crippen molar-refractivity contribution in [1.29, 1.82) is 5.26 Å². The number of carbonyl (C=O) groups excluding carboxylic acids is 1. The Morgan fingerprint density at radius 1 is 1.00 bits per heavy atom. The van der Waals surface area contributed by atoms with Crippen LogP contribution in [0.2, 0.25) is 0 Å². The molecule has 5 nitrogen and oxygen atoms in total. The highest BCUT2D eigenvalue weighted by Crippen LogP contribution is 2.21. The van der Waals surface area contributed by atoms with Crippen LogP contribution in [0.4, 0.5) is 0 Å². The molecule has 1 saturated heterocycles. The maximum atomic E-state index is 12.3. The lowest BCUT2D eigenvalue weighted by molar-refractivity contribution is -0.135. The molecule has 25 heavy (non-hydrogen) atoms. The van der Waals surface area contributed by atoms with Crippen LogP contribution in [0.5, 0.6) is 5.75 Å². The topological polar surface area (TPSA) is 56.6 Å². The highest BCUT2D eigenvalue weighted by molar-refractivity contribution is 5.77. The Morgan fingerprint density at radius 3 is 2.20 bits per heavy atom. The van der Waals surface area contributed by atoms with Gasteiger partial charge in [0.05, 0.1) is 6.07 Å². The number of benzene rings is 2. The summed E-state index contributed by atoms with van der Waals surface area (Å²) in [7, 11) is 0. The predicted octanol–water partition coefficient (Wildman–Crippen LogP) is 2.47. The molecule has 1 heterocycles. The van der Waals surface area contributed by atoms with Gasteiger partial charge in [-0.1, -0.05) is 48.5 Å². The molecule has 1 unspecified atom stereocenters. The minimum Gasteiger partial charge on any atom is -0.484 e. The van der Waals surface area contributed by atoms with Crippen LogP contribution >= 0.6 is 0 Å². The van der Waals surface area contributed by atoms with E-state index in [-0.39, 0.29) is 18.6 Å². The van der Waals surface area contributed by atoms with Gasteiger partial charge in [0.1, 0.15) is 11.8 Å². The number of rotatable bonds is 5. The minimum absolute atomic E-state index is 0.0169. The van der Waals surface area contributed by atoms with Gasteiger partial charge in [-0.15, -0.1) is 0 Å². The van der Waals surface area contributed by atoms with Gasteiger partial charge in [0, 0.05) is 26.2 Å². The number of hydrogen-bond acceptors (Lipinski definition) is 4. The fourth-order valence-electron chi connectivity index (χ4n) is 2.98. The van der Waals surface area contributed by atoms with Crippen LogP contribution in [0, 0.1) is 11.3 Å². The molecule has 1 atom stereocenters. The van der Waals surface area contributed by atoms with Crippen molar-refractivity contribution < 1.29 is 9.53 Å². The Balaban J connectivity index is 1.51. The second-order valence-electron chi connectivity index (χ2n) is 5.96. The molecule has 0 N–H and O–H groups in total. The second kappa shape index (κ2) is 8.32. The van der Waals surface area contributed by atoms with E-state index in [1.807, 2.05) is 60.7 Å². The molecule has 0 radical (unpaired) electrons. The molecule has 1 amide bonds. The highest BCUT2D eigenvalue weighted by Gasteiger charge is 2.27. The lowest BCUT2D eigenvalue weighted by Gasteiger charge is -2.37. The summed E-state index contributed by atoms with van der Waals surface area (Å²) in [6, 6.07) is 21.2. The zero-order valence-corrected chi connectivity index (χ0v) is 14.0. The predicted molar refractivity (Wildman–Crippen MR) is 94.9 cm³/mol. The summed E-state index contributed by atoms with van der Waals surface area (Å²) in [5, 5.41) is 9.52. The van der Waals surface area contributed by atoms with E-state index in [2.05, 4.69) is 11.0 Å². The number of piperazine rings is 1. The first-order chi connectivity index (χ1) is 12.3. The average Bonchev–Trinajstić information content (AvgIpc) is 2.69. The number of amides is 1. The molecule has 0 saturated carbocycles. The van der Waals surface area contributed by atoms with Gasteiger partial charge < -0.3 is 9.64 Å². The smallest absolute Gasteiger partial charge is 0.260 e. The van der Waals surface area contributed by atoms with Crippen molar-refractivity contribution in [3.8, 4) is 11.8 Å². The van der Waals surface area contributed by atoms with Crippen molar-refractivity contribution in [3.05, 3.63) is 66.2 Å². The Kier molecular flexibility index (Phi) is 5.65. The fraction of sp³-hybridized carbons (Fsp3) is 0.300. The van der Waals surface area contributed by atoms with Crippen molar-refractivity contribution in [1.82, 2.24) is 9.80 Å². The van der Waals surface area contributed by atoms with E-state index in [0.717, 1.165) is 5.56 Å². The monoisotopic (exact) mass is 335 g/mol. The highest BCUT2D eigenvalue weighted by atomic mass is 16.5. The Morgan fingerprint density at radius 2 is 1.60 bits per heavy atom. The number of ether oxygens (including phenoxy) is 1. The summed E-state index contributed by atoms with van der Waals surface area (Å²) in [5.74, 6) is 0.680. The second-order valence-corrected chi connectivity index (χ2v) is 5.96. The molecule has 2 aromatic rings. The van der Waals surface area contributed by atoms with E-state index in [4.69, 9.17) is 4.74 Å². The summed E-state index contributed by atoms with van der Waals surface area (Å²) in [4.78, 5) is 16.2. The number of nitriles is 1. The summed E-state index contributed by atoms with van der Waals surface area (Å²) in [5.41, 5.74) is 0.997. The molecule has 0 aliphatic carbocycles. The first-order valence-corrected chi connectivity index (χ1v) is 8.42. The van der Waals surface area contributed by atoms with Gasteiger partial charge in [-0.3, -0.25) is 9.69 Å². The van der Waals surface area contributed by atoms with Crippen LogP contribution < -0.4 is 4.74 Å². The molecule has 128 valence electrons. The van der Waals surface area contributed by atoms with E-state index < -0.39 is 0 Å². The van der Waals surface area contributed by atoms with Gasteiger partial charge in [-0.25, -0.2) is 0 Å². The molecule has 2 aromatic carbocycles.